The fourth-order valence-electron chi connectivity index (χ4n) is 1.92. The first kappa shape index (κ1) is 10.4. The Morgan fingerprint density at radius 1 is 0.647 bits per heavy atom. The average molecular weight is 232 g/mol. The molecule has 1 fully saturated rings. The van der Waals surface area contributed by atoms with Gasteiger partial charge in [-0.3, -0.25) is 0 Å². The maximum atomic E-state index is 12.8. The Labute approximate surface area is 97.7 Å². The van der Waals surface area contributed by atoms with E-state index in [0.717, 1.165) is 11.1 Å². The molecule has 2 aromatic carbocycles. The minimum atomic E-state index is -0.257. The number of hydrogen-bond donors (Lipinski definition) is 0. The van der Waals surface area contributed by atoms with Gasteiger partial charge in [-0.1, -0.05) is 24.3 Å². The van der Waals surface area contributed by atoms with Gasteiger partial charge in [0.25, 0.3) is 0 Å². The molecule has 0 aliphatic carbocycles. The third-order valence-corrected chi connectivity index (χ3v) is 2.89. The molecule has 0 unspecified atom stereocenters. The molecule has 0 spiro atoms. The first-order valence-electron chi connectivity index (χ1n) is 5.40. The molecular weight excluding hydrogens is 222 g/mol. The molecular formula is C14H10F2O. The summed E-state index contributed by atoms with van der Waals surface area (Å²) in [6, 6.07) is 12.5. The van der Waals surface area contributed by atoms with Crippen LogP contribution in [0.4, 0.5) is 8.78 Å². The minimum Gasteiger partial charge on any atom is -0.359 e. The third kappa shape index (κ3) is 2.06. The Kier molecular flexibility index (Phi) is 2.41. The second-order valence-electron chi connectivity index (χ2n) is 4.08. The van der Waals surface area contributed by atoms with Crippen LogP contribution in [0.25, 0.3) is 0 Å². The lowest BCUT2D eigenvalue weighted by Gasteiger charge is -1.97. The quantitative estimate of drug-likeness (QED) is 0.718. The number of benzene rings is 2. The number of rotatable bonds is 2. The van der Waals surface area contributed by atoms with Crippen LogP contribution in [0.3, 0.4) is 0 Å². The van der Waals surface area contributed by atoms with Gasteiger partial charge in [-0.15, -0.1) is 0 Å². The molecule has 1 aliphatic rings. The van der Waals surface area contributed by atoms with Gasteiger partial charge in [0, 0.05) is 0 Å². The van der Waals surface area contributed by atoms with Crippen molar-refractivity contribution in [2.75, 3.05) is 0 Å². The van der Waals surface area contributed by atoms with Crippen LogP contribution < -0.4 is 0 Å². The minimum absolute atomic E-state index is 0.0407. The Balaban J connectivity index is 1.78. The van der Waals surface area contributed by atoms with Gasteiger partial charge in [0.1, 0.15) is 23.8 Å². The van der Waals surface area contributed by atoms with E-state index in [1.54, 1.807) is 24.3 Å². The highest BCUT2D eigenvalue weighted by atomic mass is 19.1. The number of epoxide rings is 1. The second kappa shape index (κ2) is 3.93. The predicted octanol–water partition coefficient (Wildman–Crippen LogP) is 3.78. The van der Waals surface area contributed by atoms with E-state index >= 15 is 0 Å². The third-order valence-electron chi connectivity index (χ3n) is 2.89. The van der Waals surface area contributed by atoms with Crippen LogP contribution >= 0.6 is 0 Å². The van der Waals surface area contributed by atoms with Gasteiger partial charge in [-0.05, 0) is 35.4 Å². The highest BCUT2D eigenvalue weighted by Crippen LogP contribution is 2.50. The Bertz CT molecular complexity index is 469. The van der Waals surface area contributed by atoms with Crippen molar-refractivity contribution in [1.29, 1.82) is 0 Å². The summed E-state index contributed by atoms with van der Waals surface area (Å²) >= 11 is 0. The molecule has 1 aliphatic heterocycles. The summed E-state index contributed by atoms with van der Waals surface area (Å²) in [5, 5.41) is 0. The normalized spacial score (nSPS) is 22.5. The zero-order valence-electron chi connectivity index (χ0n) is 8.94. The topological polar surface area (TPSA) is 12.5 Å². The highest BCUT2D eigenvalue weighted by molar-refractivity contribution is 5.30. The Morgan fingerprint density at radius 2 is 1.00 bits per heavy atom. The molecule has 86 valence electrons. The maximum Gasteiger partial charge on any atom is 0.123 e. The van der Waals surface area contributed by atoms with Gasteiger partial charge < -0.3 is 4.74 Å². The highest BCUT2D eigenvalue weighted by Gasteiger charge is 2.41. The summed E-state index contributed by atoms with van der Waals surface area (Å²) in [6.07, 6.45) is -0.0814. The van der Waals surface area contributed by atoms with Gasteiger partial charge in [0.15, 0.2) is 0 Å². The van der Waals surface area contributed by atoms with Crippen molar-refractivity contribution in [3.8, 4) is 0 Å². The van der Waals surface area contributed by atoms with Crippen LogP contribution in [-0.4, -0.2) is 0 Å². The SMILES string of the molecule is Fc1ccc([C@H]2O[C@@H]2c2ccc(F)cc2)cc1. The van der Waals surface area contributed by atoms with E-state index < -0.39 is 0 Å². The van der Waals surface area contributed by atoms with Crippen molar-refractivity contribution in [2.45, 2.75) is 12.2 Å². The monoisotopic (exact) mass is 232 g/mol. The molecule has 1 saturated heterocycles. The van der Waals surface area contributed by atoms with Crippen molar-refractivity contribution in [1.82, 2.24) is 0 Å². The van der Waals surface area contributed by atoms with Crippen LogP contribution in [0.5, 0.6) is 0 Å². The molecule has 0 aromatic heterocycles. The summed E-state index contributed by atoms with van der Waals surface area (Å²) in [4.78, 5) is 0. The van der Waals surface area contributed by atoms with E-state index in [9.17, 15) is 8.78 Å². The van der Waals surface area contributed by atoms with E-state index in [-0.39, 0.29) is 23.8 Å². The van der Waals surface area contributed by atoms with Gasteiger partial charge in [-0.2, -0.15) is 0 Å². The lowest BCUT2D eigenvalue weighted by molar-refractivity contribution is 0.377. The van der Waals surface area contributed by atoms with Crippen LogP contribution in [0.15, 0.2) is 48.5 Å². The van der Waals surface area contributed by atoms with Crippen molar-refractivity contribution in [2.24, 2.45) is 0 Å². The summed E-state index contributed by atoms with van der Waals surface area (Å²) in [5.41, 5.74) is 1.89. The van der Waals surface area contributed by atoms with Crippen molar-refractivity contribution in [3.05, 3.63) is 71.3 Å². The average Bonchev–Trinajstić information content (AvgIpc) is 3.11. The van der Waals surface area contributed by atoms with Crippen LogP contribution in [0.2, 0.25) is 0 Å². The summed E-state index contributed by atoms with van der Waals surface area (Å²) in [6.45, 7) is 0. The van der Waals surface area contributed by atoms with Crippen LogP contribution in [-0.2, 0) is 4.74 Å². The molecule has 2 aromatic rings. The first-order chi connectivity index (χ1) is 8.24. The van der Waals surface area contributed by atoms with E-state index in [2.05, 4.69) is 0 Å². The van der Waals surface area contributed by atoms with E-state index in [4.69, 9.17) is 4.74 Å². The van der Waals surface area contributed by atoms with Gasteiger partial charge in [0.05, 0.1) is 0 Å². The van der Waals surface area contributed by atoms with Crippen molar-refractivity contribution >= 4 is 0 Å². The molecule has 2 atom stereocenters. The molecule has 3 rings (SSSR count). The molecule has 0 radical (unpaired) electrons. The van der Waals surface area contributed by atoms with Gasteiger partial charge in [0.2, 0.25) is 0 Å². The largest absolute Gasteiger partial charge is 0.359 e. The molecule has 0 N–H and O–H groups in total. The smallest absolute Gasteiger partial charge is 0.123 e. The van der Waals surface area contributed by atoms with Crippen molar-refractivity contribution < 1.29 is 13.5 Å². The summed E-state index contributed by atoms with van der Waals surface area (Å²) in [7, 11) is 0. The van der Waals surface area contributed by atoms with E-state index in [0.29, 0.717) is 0 Å². The lowest BCUT2D eigenvalue weighted by Crippen LogP contribution is -1.85. The summed E-state index contributed by atoms with van der Waals surface area (Å²) in [5.74, 6) is -0.513. The maximum absolute atomic E-state index is 12.8. The Hall–Kier alpha value is -1.74. The molecule has 0 saturated carbocycles. The van der Waals surface area contributed by atoms with Gasteiger partial charge in [-0.25, -0.2) is 8.78 Å². The van der Waals surface area contributed by atoms with E-state index in [1.807, 2.05) is 0 Å². The fraction of sp³-hybridized carbons (Fsp3) is 0.143. The Morgan fingerprint density at radius 3 is 1.35 bits per heavy atom. The standard InChI is InChI=1S/C14H10F2O/c15-11-5-1-9(2-6-11)13-14(17-13)10-3-7-12(16)8-4-10/h1-8,13-14H/t13-,14-/m1/s1. The van der Waals surface area contributed by atoms with Crippen molar-refractivity contribution in [3.63, 3.8) is 0 Å². The zero-order valence-corrected chi connectivity index (χ0v) is 8.94. The second-order valence-corrected chi connectivity index (χ2v) is 4.08. The number of ether oxygens (including phenoxy) is 1. The molecule has 1 nitrogen and oxygen atoms in total. The summed E-state index contributed by atoms with van der Waals surface area (Å²) < 4.78 is 31.0. The van der Waals surface area contributed by atoms with E-state index in [1.165, 1.54) is 24.3 Å². The molecule has 3 heteroatoms. The predicted molar refractivity (Wildman–Crippen MR) is 59.4 cm³/mol. The molecule has 0 bridgehead atoms. The fourth-order valence-corrected chi connectivity index (χ4v) is 1.92. The molecule has 17 heavy (non-hydrogen) atoms. The first-order valence-corrected chi connectivity index (χ1v) is 5.40. The number of hydrogen-bond acceptors (Lipinski definition) is 1. The molecule has 0 amide bonds. The van der Waals surface area contributed by atoms with Gasteiger partial charge >= 0.3 is 0 Å². The van der Waals surface area contributed by atoms with Crippen LogP contribution in [0.1, 0.15) is 23.3 Å². The zero-order chi connectivity index (χ0) is 11.8. The lowest BCUT2D eigenvalue weighted by atomic mass is 10.0. The number of halogens is 2. The van der Waals surface area contributed by atoms with Crippen LogP contribution in [0, 0.1) is 11.6 Å². The molecule has 1 heterocycles.